The van der Waals surface area contributed by atoms with E-state index in [0.717, 1.165) is 0 Å². The summed E-state index contributed by atoms with van der Waals surface area (Å²) in [5, 5.41) is 20.8. The van der Waals surface area contributed by atoms with Crippen LogP contribution < -0.4 is 5.73 Å². The predicted molar refractivity (Wildman–Crippen MR) is 93.1 cm³/mol. The first-order valence-corrected chi connectivity index (χ1v) is 9.17. The second kappa shape index (κ2) is 7.43. The molecule has 0 radical (unpaired) electrons. The Hall–Kier alpha value is -1.81. The maximum atomic E-state index is 10.4. The van der Waals surface area contributed by atoms with Crippen LogP contribution in [-0.2, 0) is 9.47 Å². The number of ether oxygens (including phenoxy) is 2. The molecule has 1 saturated heterocycles. The molecule has 2 aromatic rings. The molecule has 142 valence electrons. The van der Waals surface area contributed by atoms with Crippen LogP contribution in [0.25, 0.3) is 11.2 Å². The molecule has 1 saturated carbocycles. The molecule has 0 spiro atoms. The first kappa shape index (κ1) is 17.6. The zero-order valence-electron chi connectivity index (χ0n) is 14.6. The Balaban J connectivity index is 1.41. The molecule has 3 heterocycles. The number of nitrogen functional groups attached to an aromatic ring is 1. The highest BCUT2D eigenvalue weighted by atomic mass is 16.6. The van der Waals surface area contributed by atoms with Gasteiger partial charge in [0.25, 0.3) is 0 Å². The van der Waals surface area contributed by atoms with Crippen LogP contribution in [0.3, 0.4) is 0 Å². The van der Waals surface area contributed by atoms with Crippen molar-refractivity contribution in [1.82, 2.24) is 19.5 Å². The average molecular weight is 363 g/mol. The van der Waals surface area contributed by atoms with E-state index in [2.05, 4.69) is 15.0 Å². The van der Waals surface area contributed by atoms with Gasteiger partial charge < -0.3 is 25.4 Å². The number of hydrogen-bond donors (Lipinski definition) is 3. The minimum atomic E-state index is -1.10. The van der Waals surface area contributed by atoms with Gasteiger partial charge in [-0.25, -0.2) is 15.0 Å². The van der Waals surface area contributed by atoms with E-state index in [4.69, 9.17) is 15.2 Å². The van der Waals surface area contributed by atoms with Crippen molar-refractivity contribution < 1.29 is 19.7 Å². The topological polar surface area (TPSA) is 129 Å². The van der Waals surface area contributed by atoms with Crippen molar-refractivity contribution in [3.05, 3.63) is 12.7 Å². The first-order valence-electron chi connectivity index (χ1n) is 9.17. The van der Waals surface area contributed by atoms with E-state index < -0.39 is 24.5 Å². The first-order chi connectivity index (χ1) is 12.6. The molecule has 4 rings (SSSR count). The van der Waals surface area contributed by atoms with Crippen molar-refractivity contribution in [1.29, 1.82) is 0 Å². The molecule has 2 aromatic heterocycles. The highest BCUT2D eigenvalue weighted by molar-refractivity contribution is 5.81. The third-order valence-electron chi connectivity index (χ3n) is 5.36. The number of hydrogen-bond acceptors (Lipinski definition) is 8. The number of aliphatic hydroxyl groups excluding tert-OH is 2. The molecule has 4 N–H and O–H groups in total. The maximum absolute atomic E-state index is 10.4. The highest BCUT2D eigenvalue weighted by Crippen LogP contribution is 2.32. The smallest absolute Gasteiger partial charge is 0.167 e. The van der Waals surface area contributed by atoms with Gasteiger partial charge in [0.15, 0.2) is 17.7 Å². The fourth-order valence-electron chi connectivity index (χ4n) is 3.86. The van der Waals surface area contributed by atoms with Gasteiger partial charge in [-0.3, -0.25) is 4.57 Å². The minimum absolute atomic E-state index is 0.245. The Morgan fingerprint density at radius 2 is 1.92 bits per heavy atom. The van der Waals surface area contributed by atoms with Crippen molar-refractivity contribution >= 4 is 17.0 Å². The number of aromatic nitrogens is 4. The second-order valence-electron chi connectivity index (χ2n) is 7.17. The van der Waals surface area contributed by atoms with Gasteiger partial charge in [0.1, 0.15) is 30.2 Å². The average Bonchev–Trinajstić information content (AvgIpc) is 3.20. The number of nitrogens with zero attached hydrogens (tertiary/aromatic N) is 4. The SMILES string of the molecule is Nc1ncnc2c1ncn2[C@@H]1O[C@H](COCC2CCCCC2)[C@@H](O)[C@H]1O. The van der Waals surface area contributed by atoms with Crippen LogP contribution in [0.1, 0.15) is 38.3 Å². The van der Waals surface area contributed by atoms with E-state index in [1.165, 1.54) is 44.8 Å². The standard InChI is InChI=1S/C17H25N5O4/c18-15-12-16(20-8-19-15)22(9-21-12)17-14(24)13(23)11(26-17)7-25-6-10-4-2-1-3-5-10/h8-11,13-14,17,23-24H,1-7H2,(H2,18,19,20)/t11-,13-,14-,17-/m1/s1. The number of fused-ring (bicyclic) bond motifs is 1. The van der Waals surface area contributed by atoms with E-state index >= 15 is 0 Å². The summed E-state index contributed by atoms with van der Waals surface area (Å²) < 4.78 is 13.2. The molecule has 4 atom stereocenters. The summed E-state index contributed by atoms with van der Waals surface area (Å²) in [7, 11) is 0. The Kier molecular flexibility index (Phi) is 5.03. The number of rotatable bonds is 5. The van der Waals surface area contributed by atoms with Gasteiger partial charge in [-0.05, 0) is 18.8 Å². The van der Waals surface area contributed by atoms with Gasteiger partial charge >= 0.3 is 0 Å². The van der Waals surface area contributed by atoms with E-state index in [9.17, 15) is 10.2 Å². The molecule has 1 aliphatic heterocycles. The molecule has 2 fully saturated rings. The molecule has 0 amide bonds. The molecular formula is C17H25N5O4. The molecule has 2 aliphatic rings. The van der Waals surface area contributed by atoms with E-state index in [1.54, 1.807) is 4.57 Å². The Morgan fingerprint density at radius 3 is 2.73 bits per heavy atom. The third-order valence-corrected chi connectivity index (χ3v) is 5.36. The lowest BCUT2D eigenvalue weighted by Crippen LogP contribution is -2.34. The van der Waals surface area contributed by atoms with Gasteiger partial charge in [0.2, 0.25) is 0 Å². The van der Waals surface area contributed by atoms with E-state index in [1.807, 2.05) is 0 Å². The van der Waals surface area contributed by atoms with Crippen molar-refractivity contribution in [2.24, 2.45) is 5.92 Å². The van der Waals surface area contributed by atoms with E-state index in [0.29, 0.717) is 23.7 Å². The summed E-state index contributed by atoms with van der Waals surface area (Å²) in [6.07, 6.45) is 5.49. The molecule has 26 heavy (non-hydrogen) atoms. The summed E-state index contributed by atoms with van der Waals surface area (Å²) in [6.45, 7) is 0.917. The molecule has 0 unspecified atom stereocenters. The zero-order chi connectivity index (χ0) is 18.1. The Labute approximate surface area is 151 Å². The highest BCUT2D eigenvalue weighted by Gasteiger charge is 2.44. The molecule has 9 nitrogen and oxygen atoms in total. The minimum Gasteiger partial charge on any atom is -0.387 e. The fraction of sp³-hybridized carbons (Fsp3) is 0.706. The Morgan fingerprint density at radius 1 is 1.12 bits per heavy atom. The number of aliphatic hydroxyl groups is 2. The van der Waals surface area contributed by atoms with Crippen LogP contribution in [0.2, 0.25) is 0 Å². The van der Waals surface area contributed by atoms with Crippen molar-refractivity contribution in [2.45, 2.75) is 56.6 Å². The van der Waals surface area contributed by atoms with Crippen LogP contribution in [-0.4, -0.2) is 61.3 Å². The fourth-order valence-corrected chi connectivity index (χ4v) is 3.86. The molecular weight excluding hydrogens is 338 g/mol. The normalized spacial score (nSPS) is 30.2. The van der Waals surface area contributed by atoms with Crippen LogP contribution in [0.4, 0.5) is 5.82 Å². The predicted octanol–water partition coefficient (Wildman–Crippen LogP) is 0.625. The van der Waals surface area contributed by atoms with Crippen LogP contribution >= 0.6 is 0 Å². The lowest BCUT2D eigenvalue weighted by atomic mass is 9.90. The molecule has 1 aliphatic carbocycles. The van der Waals surface area contributed by atoms with Crippen molar-refractivity contribution in [3.63, 3.8) is 0 Å². The largest absolute Gasteiger partial charge is 0.387 e. The third kappa shape index (κ3) is 3.27. The van der Waals surface area contributed by atoms with E-state index in [-0.39, 0.29) is 12.4 Å². The second-order valence-corrected chi connectivity index (χ2v) is 7.17. The van der Waals surface area contributed by atoms with Gasteiger partial charge in [-0.15, -0.1) is 0 Å². The number of imidazole rings is 1. The van der Waals surface area contributed by atoms with Gasteiger partial charge in [-0.2, -0.15) is 0 Å². The van der Waals surface area contributed by atoms with Crippen molar-refractivity contribution in [2.75, 3.05) is 18.9 Å². The number of nitrogens with two attached hydrogens (primary N) is 1. The Bertz CT molecular complexity index is 748. The molecule has 9 heteroatoms. The van der Waals surface area contributed by atoms with Gasteiger partial charge in [0.05, 0.1) is 12.9 Å². The zero-order valence-corrected chi connectivity index (χ0v) is 14.6. The number of anilines is 1. The van der Waals surface area contributed by atoms with Gasteiger partial charge in [-0.1, -0.05) is 19.3 Å². The summed E-state index contributed by atoms with van der Waals surface area (Å²) >= 11 is 0. The van der Waals surface area contributed by atoms with Crippen LogP contribution in [0.15, 0.2) is 12.7 Å². The van der Waals surface area contributed by atoms with Crippen LogP contribution in [0.5, 0.6) is 0 Å². The summed E-state index contributed by atoms with van der Waals surface area (Å²) in [5.74, 6) is 0.842. The molecule has 0 aromatic carbocycles. The van der Waals surface area contributed by atoms with Crippen LogP contribution in [0, 0.1) is 5.92 Å². The summed E-state index contributed by atoms with van der Waals surface area (Å²) in [6, 6.07) is 0. The summed E-state index contributed by atoms with van der Waals surface area (Å²) in [4.78, 5) is 12.2. The summed E-state index contributed by atoms with van der Waals surface area (Å²) in [5.41, 5.74) is 6.69. The maximum Gasteiger partial charge on any atom is 0.167 e. The van der Waals surface area contributed by atoms with Gasteiger partial charge in [0, 0.05) is 6.61 Å². The lowest BCUT2D eigenvalue weighted by Gasteiger charge is -2.22. The monoisotopic (exact) mass is 363 g/mol. The van der Waals surface area contributed by atoms with Crippen molar-refractivity contribution in [3.8, 4) is 0 Å². The quantitative estimate of drug-likeness (QED) is 0.705. The molecule has 0 bridgehead atoms. The lowest BCUT2D eigenvalue weighted by molar-refractivity contribution is -0.0705.